The maximum atomic E-state index is 6.03. The predicted molar refractivity (Wildman–Crippen MR) is 76.4 cm³/mol. The second kappa shape index (κ2) is 6.65. The molecule has 96 valence electrons. The number of benzene rings is 1. The van der Waals surface area contributed by atoms with Crippen LogP contribution in [-0.4, -0.2) is 12.6 Å². The highest BCUT2D eigenvalue weighted by Gasteiger charge is 2.10. The highest BCUT2D eigenvalue weighted by Crippen LogP contribution is 2.21. The summed E-state index contributed by atoms with van der Waals surface area (Å²) >= 11 is 0. The van der Waals surface area contributed by atoms with Gasteiger partial charge in [0.25, 0.3) is 0 Å². The quantitative estimate of drug-likeness (QED) is 0.813. The topological polar surface area (TPSA) is 29.3 Å². The molecular formula is C15H26N2. The summed E-state index contributed by atoms with van der Waals surface area (Å²) in [7, 11) is 0. The van der Waals surface area contributed by atoms with Gasteiger partial charge in [-0.3, -0.25) is 0 Å². The Morgan fingerprint density at radius 1 is 1.12 bits per heavy atom. The second-order valence-corrected chi connectivity index (χ2v) is 4.89. The highest BCUT2D eigenvalue weighted by molar-refractivity contribution is 5.48. The Kier molecular flexibility index (Phi) is 5.49. The van der Waals surface area contributed by atoms with Gasteiger partial charge >= 0.3 is 0 Å². The van der Waals surface area contributed by atoms with Gasteiger partial charge in [-0.1, -0.05) is 26.0 Å². The third-order valence-electron chi connectivity index (χ3n) is 3.18. The van der Waals surface area contributed by atoms with Crippen molar-refractivity contribution in [2.45, 2.75) is 52.6 Å². The van der Waals surface area contributed by atoms with Crippen molar-refractivity contribution in [3.8, 4) is 0 Å². The van der Waals surface area contributed by atoms with E-state index in [1.54, 1.807) is 0 Å². The number of hydrogen-bond acceptors (Lipinski definition) is 2. The number of hydrogen-bond donors (Lipinski definition) is 1. The second-order valence-electron chi connectivity index (χ2n) is 4.89. The van der Waals surface area contributed by atoms with Crippen molar-refractivity contribution in [2.24, 2.45) is 5.73 Å². The van der Waals surface area contributed by atoms with Crippen LogP contribution in [0.15, 0.2) is 24.3 Å². The SMILES string of the molecule is CCCN(c1ccc(C(N)CC)cc1)C(C)C. The zero-order valence-corrected chi connectivity index (χ0v) is 11.6. The monoisotopic (exact) mass is 234 g/mol. The van der Waals surface area contributed by atoms with Gasteiger partial charge in [0.1, 0.15) is 0 Å². The summed E-state index contributed by atoms with van der Waals surface area (Å²) in [5.41, 5.74) is 8.56. The molecule has 0 bridgehead atoms. The van der Waals surface area contributed by atoms with Gasteiger partial charge in [-0.25, -0.2) is 0 Å². The summed E-state index contributed by atoms with van der Waals surface area (Å²) in [5, 5.41) is 0. The van der Waals surface area contributed by atoms with E-state index in [9.17, 15) is 0 Å². The minimum absolute atomic E-state index is 0.169. The van der Waals surface area contributed by atoms with Crippen molar-refractivity contribution in [3.05, 3.63) is 29.8 Å². The molecule has 1 unspecified atom stereocenters. The van der Waals surface area contributed by atoms with Crippen LogP contribution in [0.3, 0.4) is 0 Å². The van der Waals surface area contributed by atoms with Crippen molar-refractivity contribution in [1.82, 2.24) is 0 Å². The van der Waals surface area contributed by atoms with Gasteiger partial charge in [0.2, 0.25) is 0 Å². The Labute approximate surface area is 106 Å². The third-order valence-corrected chi connectivity index (χ3v) is 3.18. The first kappa shape index (κ1) is 14.0. The molecule has 1 atom stereocenters. The molecule has 0 heterocycles. The number of rotatable bonds is 6. The van der Waals surface area contributed by atoms with E-state index < -0.39 is 0 Å². The van der Waals surface area contributed by atoms with Crippen molar-refractivity contribution in [2.75, 3.05) is 11.4 Å². The van der Waals surface area contributed by atoms with Gasteiger partial charge in [-0.15, -0.1) is 0 Å². The van der Waals surface area contributed by atoms with Crippen molar-refractivity contribution in [3.63, 3.8) is 0 Å². The summed E-state index contributed by atoms with van der Waals surface area (Å²) in [5.74, 6) is 0. The molecule has 0 radical (unpaired) electrons. The lowest BCUT2D eigenvalue weighted by Crippen LogP contribution is -2.31. The van der Waals surface area contributed by atoms with Crippen molar-refractivity contribution < 1.29 is 0 Å². The average Bonchev–Trinajstić information content (AvgIpc) is 2.35. The van der Waals surface area contributed by atoms with Gasteiger partial charge in [0.15, 0.2) is 0 Å². The van der Waals surface area contributed by atoms with E-state index in [0.29, 0.717) is 6.04 Å². The molecule has 0 fully saturated rings. The van der Waals surface area contributed by atoms with Gasteiger partial charge in [0, 0.05) is 24.3 Å². The standard InChI is InChI=1S/C15H26N2/c1-5-11-17(12(3)4)14-9-7-13(8-10-14)15(16)6-2/h7-10,12,15H,5-6,11,16H2,1-4H3. The predicted octanol–water partition coefficient (Wildman–Crippen LogP) is 3.72. The summed E-state index contributed by atoms with van der Waals surface area (Å²) in [6.07, 6.45) is 2.16. The molecule has 0 saturated carbocycles. The lowest BCUT2D eigenvalue weighted by atomic mass is 10.0. The van der Waals surface area contributed by atoms with Crippen LogP contribution in [0.1, 0.15) is 52.1 Å². The maximum Gasteiger partial charge on any atom is 0.0368 e. The summed E-state index contributed by atoms with van der Waals surface area (Å²) < 4.78 is 0. The van der Waals surface area contributed by atoms with E-state index in [1.807, 2.05) is 0 Å². The lowest BCUT2D eigenvalue weighted by Gasteiger charge is -2.29. The summed E-state index contributed by atoms with van der Waals surface area (Å²) in [6.45, 7) is 9.92. The van der Waals surface area contributed by atoms with Gasteiger partial charge in [-0.2, -0.15) is 0 Å². The Balaban J connectivity index is 2.84. The fourth-order valence-corrected chi connectivity index (χ4v) is 2.08. The summed E-state index contributed by atoms with van der Waals surface area (Å²) in [6, 6.07) is 9.42. The molecule has 0 aromatic heterocycles. The van der Waals surface area contributed by atoms with Crippen molar-refractivity contribution >= 4 is 5.69 Å². The fraction of sp³-hybridized carbons (Fsp3) is 0.600. The minimum Gasteiger partial charge on any atom is -0.369 e. The minimum atomic E-state index is 0.169. The molecule has 0 aliphatic carbocycles. The van der Waals surface area contributed by atoms with Crippen LogP contribution in [0, 0.1) is 0 Å². The highest BCUT2D eigenvalue weighted by atomic mass is 15.1. The van der Waals surface area contributed by atoms with E-state index in [0.717, 1.165) is 13.0 Å². The molecule has 0 amide bonds. The first-order valence-corrected chi connectivity index (χ1v) is 6.72. The molecule has 0 aliphatic heterocycles. The van der Waals surface area contributed by atoms with Crippen molar-refractivity contribution in [1.29, 1.82) is 0 Å². The maximum absolute atomic E-state index is 6.03. The first-order chi connectivity index (χ1) is 8.10. The molecule has 1 aromatic rings. The molecular weight excluding hydrogens is 208 g/mol. The fourth-order valence-electron chi connectivity index (χ4n) is 2.08. The Hall–Kier alpha value is -1.02. The Morgan fingerprint density at radius 3 is 2.12 bits per heavy atom. The molecule has 1 rings (SSSR count). The Bertz CT molecular complexity index is 316. The first-order valence-electron chi connectivity index (χ1n) is 6.72. The third kappa shape index (κ3) is 3.74. The van der Waals surface area contributed by atoms with Crippen LogP contribution in [0.25, 0.3) is 0 Å². The van der Waals surface area contributed by atoms with E-state index in [-0.39, 0.29) is 6.04 Å². The van der Waals surface area contributed by atoms with E-state index in [1.165, 1.54) is 17.7 Å². The Morgan fingerprint density at radius 2 is 1.71 bits per heavy atom. The normalized spacial score (nSPS) is 12.8. The van der Waals surface area contributed by atoms with Crippen LogP contribution in [0.5, 0.6) is 0 Å². The van der Waals surface area contributed by atoms with E-state index in [2.05, 4.69) is 56.9 Å². The molecule has 17 heavy (non-hydrogen) atoms. The zero-order valence-electron chi connectivity index (χ0n) is 11.6. The van der Waals surface area contributed by atoms with Gasteiger partial charge < -0.3 is 10.6 Å². The van der Waals surface area contributed by atoms with Gasteiger partial charge in [-0.05, 0) is 44.4 Å². The zero-order chi connectivity index (χ0) is 12.8. The lowest BCUT2D eigenvalue weighted by molar-refractivity contribution is 0.669. The van der Waals surface area contributed by atoms with Crippen LogP contribution >= 0.6 is 0 Å². The van der Waals surface area contributed by atoms with E-state index in [4.69, 9.17) is 5.73 Å². The molecule has 0 spiro atoms. The number of nitrogens with zero attached hydrogens (tertiary/aromatic N) is 1. The van der Waals surface area contributed by atoms with Crippen LogP contribution in [-0.2, 0) is 0 Å². The molecule has 0 saturated heterocycles. The van der Waals surface area contributed by atoms with Crippen LogP contribution < -0.4 is 10.6 Å². The largest absolute Gasteiger partial charge is 0.369 e. The number of anilines is 1. The van der Waals surface area contributed by atoms with Crippen LogP contribution in [0.2, 0.25) is 0 Å². The van der Waals surface area contributed by atoms with Crippen LogP contribution in [0.4, 0.5) is 5.69 Å². The van der Waals surface area contributed by atoms with Gasteiger partial charge in [0.05, 0.1) is 0 Å². The molecule has 2 nitrogen and oxygen atoms in total. The summed E-state index contributed by atoms with van der Waals surface area (Å²) in [4.78, 5) is 2.43. The average molecular weight is 234 g/mol. The smallest absolute Gasteiger partial charge is 0.0368 e. The molecule has 2 N–H and O–H groups in total. The molecule has 1 aromatic carbocycles. The number of nitrogens with two attached hydrogens (primary N) is 1. The molecule has 2 heteroatoms. The molecule has 0 aliphatic rings. The van der Waals surface area contributed by atoms with E-state index >= 15 is 0 Å².